The molecule has 0 spiro atoms. The van der Waals surface area contributed by atoms with E-state index in [1.165, 1.54) is 5.56 Å². The second-order valence-corrected chi connectivity index (χ2v) is 6.19. The maximum atomic E-state index is 12.6. The molecule has 1 fully saturated rings. The molecule has 1 unspecified atom stereocenters. The first kappa shape index (κ1) is 21.5. The third kappa shape index (κ3) is 6.33. The zero-order valence-electron chi connectivity index (χ0n) is 15.2. The van der Waals surface area contributed by atoms with Crippen molar-refractivity contribution in [3.8, 4) is 0 Å². The summed E-state index contributed by atoms with van der Waals surface area (Å²) in [5, 5.41) is 3.20. The lowest BCUT2D eigenvalue weighted by molar-refractivity contribution is -0.140. The first-order valence-electron chi connectivity index (χ1n) is 8.99. The van der Waals surface area contributed by atoms with Gasteiger partial charge in [0.1, 0.15) is 0 Å². The molecule has 1 aliphatic heterocycles. The molecule has 25 heavy (non-hydrogen) atoms. The second-order valence-electron chi connectivity index (χ2n) is 6.19. The molecule has 5 nitrogen and oxygen atoms in total. The van der Waals surface area contributed by atoms with Gasteiger partial charge in [-0.05, 0) is 32.3 Å². The minimum absolute atomic E-state index is 0. The van der Waals surface area contributed by atoms with Crippen LogP contribution in [0.15, 0.2) is 30.3 Å². The summed E-state index contributed by atoms with van der Waals surface area (Å²) in [6, 6.07) is 9.96. The highest BCUT2D eigenvalue weighted by molar-refractivity contribution is 5.89. The van der Waals surface area contributed by atoms with Crippen LogP contribution in [0, 0.1) is 0 Å². The number of rotatable bonds is 8. The van der Waals surface area contributed by atoms with E-state index in [1.807, 2.05) is 36.9 Å². The maximum absolute atomic E-state index is 12.6. The van der Waals surface area contributed by atoms with Crippen molar-refractivity contribution in [3.63, 3.8) is 0 Å². The van der Waals surface area contributed by atoms with E-state index in [4.69, 9.17) is 0 Å². The molecular weight excluding hydrogens is 338 g/mol. The van der Waals surface area contributed by atoms with Crippen LogP contribution in [0.1, 0.15) is 32.3 Å². The number of nitrogens with one attached hydrogen (secondary N) is 1. The van der Waals surface area contributed by atoms with Crippen molar-refractivity contribution in [1.82, 2.24) is 15.1 Å². The molecule has 0 radical (unpaired) electrons. The van der Waals surface area contributed by atoms with Gasteiger partial charge in [-0.25, -0.2) is 0 Å². The summed E-state index contributed by atoms with van der Waals surface area (Å²) in [5.74, 6) is 0.117. The quantitative estimate of drug-likeness (QED) is 0.765. The fourth-order valence-corrected chi connectivity index (χ4v) is 3.17. The molecule has 2 amide bonds. The van der Waals surface area contributed by atoms with Crippen molar-refractivity contribution in [2.75, 3.05) is 32.7 Å². The maximum Gasteiger partial charge on any atom is 0.240 e. The largest absolute Gasteiger partial charge is 0.343 e. The molecule has 140 valence electrons. The summed E-state index contributed by atoms with van der Waals surface area (Å²) >= 11 is 0. The minimum Gasteiger partial charge on any atom is -0.343 e. The van der Waals surface area contributed by atoms with Gasteiger partial charge in [0.25, 0.3) is 0 Å². The molecule has 0 aromatic heterocycles. The monoisotopic (exact) mass is 367 g/mol. The molecule has 1 N–H and O–H groups in total. The van der Waals surface area contributed by atoms with Crippen molar-refractivity contribution in [2.45, 2.75) is 39.2 Å². The summed E-state index contributed by atoms with van der Waals surface area (Å²) in [5.41, 5.74) is 1.30. The van der Waals surface area contributed by atoms with Crippen LogP contribution in [0.3, 0.4) is 0 Å². The predicted molar refractivity (Wildman–Crippen MR) is 103 cm³/mol. The van der Waals surface area contributed by atoms with E-state index >= 15 is 0 Å². The fraction of sp³-hybridized carbons (Fsp3) is 0.579. The Kier molecular flexibility index (Phi) is 9.53. The summed E-state index contributed by atoms with van der Waals surface area (Å²) < 4.78 is 0. The Bertz CT molecular complexity index is 535. The first-order chi connectivity index (χ1) is 11.7. The molecule has 6 heteroatoms. The number of benzene rings is 1. The van der Waals surface area contributed by atoms with Gasteiger partial charge in [-0.1, -0.05) is 30.3 Å². The topological polar surface area (TPSA) is 52.7 Å². The van der Waals surface area contributed by atoms with Crippen LogP contribution in [-0.4, -0.2) is 60.4 Å². The van der Waals surface area contributed by atoms with Crippen molar-refractivity contribution in [2.24, 2.45) is 0 Å². The van der Waals surface area contributed by atoms with Gasteiger partial charge in [0.15, 0.2) is 0 Å². The van der Waals surface area contributed by atoms with Crippen molar-refractivity contribution in [1.29, 1.82) is 0 Å². The normalized spacial score (nSPS) is 17.1. The first-order valence-corrected chi connectivity index (χ1v) is 8.99. The molecule has 1 aliphatic rings. The van der Waals surface area contributed by atoms with E-state index in [2.05, 4.69) is 17.4 Å². The highest BCUT2D eigenvalue weighted by atomic mass is 35.5. The van der Waals surface area contributed by atoms with Crippen LogP contribution in [-0.2, 0) is 16.0 Å². The summed E-state index contributed by atoms with van der Waals surface area (Å²) in [6.45, 7) is 7.55. The Labute approximate surface area is 157 Å². The number of halogens is 1. The molecule has 0 aliphatic carbocycles. The zero-order chi connectivity index (χ0) is 17.4. The van der Waals surface area contributed by atoms with Gasteiger partial charge in [0.05, 0.1) is 12.5 Å². The average molecular weight is 368 g/mol. The molecule has 1 aromatic rings. The van der Waals surface area contributed by atoms with Gasteiger partial charge in [0.2, 0.25) is 11.8 Å². The van der Waals surface area contributed by atoms with Gasteiger partial charge in [-0.2, -0.15) is 0 Å². The van der Waals surface area contributed by atoms with Gasteiger partial charge in [0, 0.05) is 32.7 Å². The van der Waals surface area contributed by atoms with Crippen LogP contribution in [0.25, 0.3) is 0 Å². The summed E-state index contributed by atoms with van der Waals surface area (Å²) in [7, 11) is 0. The average Bonchev–Trinajstić information content (AvgIpc) is 2.60. The third-order valence-corrected chi connectivity index (χ3v) is 4.61. The molecular formula is C19H30ClN3O2. The summed E-state index contributed by atoms with van der Waals surface area (Å²) in [6.07, 6.45) is 2.18. The lowest BCUT2D eigenvalue weighted by atomic mass is 10.1. The molecule has 0 bridgehead atoms. The van der Waals surface area contributed by atoms with Crippen molar-refractivity contribution < 1.29 is 9.59 Å². The third-order valence-electron chi connectivity index (χ3n) is 4.61. The number of hydrogen-bond donors (Lipinski definition) is 1. The highest BCUT2D eigenvalue weighted by Gasteiger charge is 2.30. The SMILES string of the molecule is CCN(CC)C(=O)CC1NCCN(CCCc2ccccc2)C1=O.Cl. The lowest BCUT2D eigenvalue weighted by Crippen LogP contribution is -2.56. The standard InChI is InChI=1S/C19H29N3O2.ClH/c1-3-21(4-2)18(23)15-17-19(24)22(14-12-20-17)13-8-11-16-9-6-5-7-10-16;/h5-7,9-10,17,20H,3-4,8,11-15H2,1-2H3;1H. The van der Waals surface area contributed by atoms with Crippen LogP contribution >= 0.6 is 12.4 Å². The molecule has 1 aromatic carbocycles. The van der Waals surface area contributed by atoms with Gasteiger partial charge >= 0.3 is 0 Å². The number of carbonyl (C=O) groups excluding carboxylic acids is 2. The predicted octanol–water partition coefficient (Wildman–Crippen LogP) is 2.10. The number of piperazine rings is 1. The van der Waals surface area contributed by atoms with Crippen LogP contribution in [0.2, 0.25) is 0 Å². The van der Waals surface area contributed by atoms with E-state index in [0.29, 0.717) is 13.1 Å². The van der Waals surface area contributed by atoms with E-state index in [1.54, 1.807) is 4.90 Å². The second kappa shape index (κ2) is 11.1. The van der Waals surface area contributed by atoms with E-state index in [0.717, 1.165) is 32.5 Å². The lowest BCUT2D eigenvalue weighted by Gasteiger charge is -2.34. The van der Waals surface area contributed by atoms with Gasteiger partial charge < -0.3 is 15.1 Å². The number of nitrogens with zero attached hydrogens (tertiary/aromatic N) is 2. The van der Waals surface area contributed by atoms with E-state index in [-0.39, 0.29) is 36.7 Å². The fourth-order valence-electron chi connectivity index (χ4n) is 3.17. The number of hydrogen-bond acceptors (Lipinski definition) is 3. The van der Waals surface area contributed by atoms with E-state index < -0.39 is 0 Å². The molecule has 1 saturated heterocycles. The van der Waals surface area contributed by atoms with Crippen molar-refractivity contribution in [3.05, 3.63) is 35.9 Å². The number of aryl methyl sites for hydroxylation is 1. The van der Waals surface area contributed by atoms with Crippen molar-refractivity contribution >= 4 is 24.2 Å². The Hall–Kier alpha value is -1.59. The number of amides is 2. The number of carbonyl (C=O) groups is 2. The summed E-state index contributed by atoms with van der Waals surface area (Å²) in [4.78, 5) is 28.5. The minimum atomic E-state index is -0.372. The smallest absolute Gasteiger partial charge is 0.240 e. The Balaban J connectivity index is 0.00000312. The molecule has 2 rings (SSSR count). The Morgan fingerprint density at radius 1 is 1.24 bits per heavy atom. The molecule has 1 heterocycles. The molecule has 0 saturated carbocycles. The molecule has 1 atom stereocenters. The zero-order valence-corrected chi connectivity index (χ0v) is 16.1. The van der Waals surface area contributed by atoms with Crippen LogP contribution in [0.5, 0.6) is 0 Å². The Morgan fingerprint density at radius 3 is 2.56 bits per heavy atom. The Morgan fingerprint density at radius 2 is 1.92 bits per heavy atom. The van der Waals surface area contributed by atoms with Crippen LogP contribution in [0.4, 0.5) is 0 Å². The van der Waals surface area contributed by atoms with Gasteiger partial charge in [-0.3, -0.25) is 9.59 Å². The highest BCUT2D eigenvalue weighted by Crippen LogP contribution is 2.10. The van der Waals surface area contributed by atoms with Gasteiger partial charge in [-0.15, -0.1) is 12.4 Å². The van der Waals surface area contributed by atoms with E-state index in [9.17, 15) is 9.59 Å². The van der Waals surface area contributed by atoms with Crippen LogP contribution < -0.4 is 5.32 Å².